The van der Waals surface area contributed by atoms with Crippen molar-refractivity contribution in [2.75, 3.05) is 12.3 Å². The highest BCUT2D eigenvalue weighted by Crippen LogP contribution is 2.21. The molecular formula is C13H13Cl2N3O2S. The molecule has 0 spiro atoms. The summed E-state index contributed by atoms with van der Waals surface area (Å²) in [5.74, 6) is 0. The Labute approximate surface area is 133 Å². The number of nitrogens with one attached hydrogen (secondary N) is 1. The molecule has 21 heavy (non-hydrogen) atoms. The number of hydrogen-bond donors (Lipinski definition) is 2. The van der Waals surface area contributed by atoms with Gasteiger partial charge in [0.05, 0.1) is 5.69 Å². The van der Waals surface area contributed by atoms with Gasteiger partial charge in [-0.3, -0.25) is 0 Å². The summed E-state index contributed by atoms with van der Waals surface area (Å²) in [4.78, 5) is 3.79. The number of benzene rings is 1. The standard InChI is InChI=1S/C13H13Cl2N3O2S/c14-10-4-3-9(11(15)8-10)5-7-18-21(19,20)13-12(16)2-1-6-17-13/h1-4,6,8,18H,5,7,16H2. The minimum atomic E-state index is -3.74. The first kappa shape index (κ1) is 16.0. The third kappa shape index (κ3) is 4.07. The highest BCUT2D eigenvalue weighted by atomic mass is 35.5. The molecule has 2 rings (SSSR count). The summed E-state index contributed by atoms with van der Waals surface area (Å²) in [7, 11) is -3.74. The Bertz CT molecular complexity index is 751. The maximum absolute atomic E-state index is 12.1. The number of pyridine rings is 1. The molecular weight excluding hydrogens is 333 g/mol. The van der Waals surface area contributed by atoms with Crippen molar-refractivity contribution < 1.29 is 8.42 Å². The van der Waals surface area contributed by atoms with Gasteiger partial charge in [-0.25, -0.2) is 18.1 Å². The molecule has 0 saturated carbocycles. The van der Waals surface area contributed by atoms with E-state index in [0.29, 0.717) is 16.5 Å². The Morgan fingerprint density at radius 1 is 1.24 bits per heavy atom. The zero-order chi connectivity index (χ0) is 15.5. The summed E-state index contributed by atoms with van der Waals surface area (Å²) < 4.78 is 26.6. The molecule has 1 aromatic heterocycles. The molecule has 1 aromatic carbocycles. The molecule has 3 N–H and O–H groups in total. The van der Waals surface area contributed by atoms with Gasteiger partial charge in [0.2, 0.25) is 0 Å². The van der Waals surface area contributed by atoms with Crippen LogP contribution in [0.15, 0.2) is 41.6 Å². The van der Waals surface area contributed by atoms with Gasteiger partial charge in [0.25, 0.3) is 10.0 Å². The molecule has 0 saturated heterocycles. The van der Waals surface area contributed by atoms with E-state index in [1.54, 1.807) is 24.3 Å². The van der Waals surface area contributed by atoms with Gasteiger partial charge in [-0.05, 0) is 36.2 Å². The first-order valence-corrected chi connectivity index (χ1v) is 8.28. The number of anilines is 1. The smallest absolute Gasteiger partial charge is 0.260 e. The quantitative estimate of drug-likeness (QED) is 0.871. The van der Waals surface area contributed by atoms with Gasteiger partial charge in [-0.1, -0.05) is 29.3 Å². The van der Waals surface area contributed by atoms with Crippen LogP contribution in [0.2, 0.25) is 10.0 Å². The number of sulfonamides is 1. The molecule has 0 aliphatic heterocycles. The maximum atomic E-state index is 12.1. The number of aromatic nitrogens is 1. The number of halogens is 2. The van der Waals surface area contributed by atoms with Crippen molar-refractivity contribution in [2.24, 2.45) is 0 Å². The lowest BCUT2D eigenvalue weighted by Gasteiger charge is -2.09. The normalized spacial score (nSPS) is 11.5. The fourth-order valence-electron chi connectivity index (χ4n) is 1.74. The van der Waals surface area contributed by atoms with E-state index in [2.05, 4.69) is 9.71 Å². The Morgan fingerprint density at radius 2 is 2.00 bits per heavy atom. The summed E-state index contributed by atoms with van der Waals surface area (Å²) in [6.07, 6.45) is 1.81. The summed E-state index contributed by atoms with van der Waals surface area (Å²) in [6, 6.07) is 8.13. The van der Waals surface area contributed by atoms with E-state index in [4.69, 9.17) is 28.9 Å². The predicted molar refractivity (Wildman–Crippen MR) is 84.0 cm³/mol. The lowest BCUT2D eigenvalue weighted by Crippen LogP contribution is -2.27. The summed E-state index contributed by atoms with van der Waals surface area (Å²) >= 11 is 11.8. The Morgan fingerprint density at radius 3 is 2.67 bits per heavy atom. The van der Waals surface area contributed by atoms with Gasteiger partial charge < -0.3 is 5.73 Å². The van der Waals surface area contributed by atoms with Crippen LogP contribution < -0.4 is 10.5 Å². The SMILES string of the molecule is Nc1cccnc1S(=O)(=O)NCCc1ccc(Cl)cc1Cl. The fraction of sp³-hybridized carbons (Fsp3) is 0.154. The van der Waals surface area contributed by atoms with Crippen molar-refractivity contribution in [3.8, 4) is 0 Å². The minimum Gasteiger partial charge on any atom is -0.396 e. The van der Waals surface area contributed by atoms with Crippen LogP contribution in [-0.2, 0) is 16.4 Å². The van der Waals surface area contributed by atoms with Crippen molar-refractivity contribution in [1.29, 1.82) is 0 Å². The average Bonchev–Trinajstić information content (AvgIpc) is 2.41. The van der Waals surface area contributed by atoms with Gasteiger partial charge in [0, 0.05) is 22.8 Å². The fourth-order valence-corrected chi connectivity index (χ4v) is 3.33. The van der Waals surface area contributed by atoms with E-state index in [9.17, 15) is 8.42 Å². The van der Waals surface area contributed by atoms with Gasteiger partial charge in [-0.15, -0.1) is 0 Å². The Hall–Kier alpha value is -1.34. The van der Waals surface area contributed by atoms with Crippen LogP contribution in [-0.4, -0.2) is 19.9 Å². The van der Waals surface area contributed by atoms with Gasteiger partial charge in [0.15, 0.2) is 5.03 Å². The van der Waals surface area contributed by atoms with Crippen LogP contribution in [0.1, 0.15) is 5.56 Å². The van der Waals surface area contributed by atoms with Crippen LogP contribution in [0.5, 0.6) is 0 Å². The molecule has 0 unspecified atom stereocenters. The van der Waals surface area contributed by atoms with Gasteiger partial charge in [0.1, 0.15) is 0 Å². The molecule has 2 aromatic rings. The van der Waals surface area contributed by atoms with Crippen LogP contribution >= 0.6 is 23.2 Å². The molecule has 0 atom stereocenters. The van der Waals surface area contributed by atoms with Gasteiger partial charge in [-0.2, -0.15) is 0 Å². The van der Waals surface area contributed by atoms with Crippen molar-refractivity contribution in [1.82, 2.24) is 9.71 Å². The zero-order valence-corrected chi connectivity index (χ0v) is 13.2. The number of nitrogen functional groups attached to an aromatic ring is 1. The summed E-state index contributed by atoms with van der Waals surface area (Å²) in [5.41, 5.74) is 6.52. The highest BCUT2D eigenvalue weighted by Gasteiger charge is 2.18. The number of hydrogen-bond acceptors (Lipinski definition) is 4. The molecule has 8 heteroatoms. The minimum absolute atomic E-state index is 0.106. The van der Waals surface area contributed by atoms with Gasteiger partial charge >= 0.3 is 0 Å². The molecule has 112 valence electrons. The topological polar surface area (TPSA) is 85.1 Å². The summed E-state index contributed by atoms with van der Waals surface area (Å²) in [6.45, 7) is 0.180. The monoisotopic (exact) mass is 345 g/mol. The van der Waals surface area contributed by atoms with Crippen molar-refractivity contribution in [2.45, 2.75) is 11.4 Å². The largest absolute Gasteiger partial charge is 0.396 e. The zero-order valence-electron chi connectivity index (χ0n) is 10.9. The van der Waals surface area contributed by atoms with Crippen LogP contribution in [0, 0.1) is 0 Å². The maximum Gasteiger partial charge on any atom is 0.260 e. The first-order chi connectivity index (χ1) is 9.90. The highest BCUT2D eigenvalue weighted by molar-refractivity contribution is 7.89. The molecule has 0 amide bonds. The molecule has 0 aliphatic rings. The van der Waals surface area contributed by atoms with Crippen molar-refractivity contribution in [3.63, 3.8) is 0 Å². The van der Waals surface area contributed by atoms with E-state index in [1.807, 2.05) is 0 Å². The van der Waals surface area contributed by atoms with Crippen molar-refractivity contribution in [3.05, 3.63) is 52.1 Å². The second-order valence-electron chi connectivity index (χ2n) is 4.28. The Balaban J connectivity index is 2.04. The second-order valence-corrected chi connectivity index (χ2v) is 6.81. The van der Waals surface area contributed by atoms with Crippen LogP contribution in [0.25, 0.3) is 0 Å². The predicted octanol–water partition coefficient (Wildman–Crippen LogP) is 2.49. The second kappa shape index (κ2) is 6.62. The van der Waals surface area contributed by atoms with Crippen molar-refractivity contribution >= 4 is 38.9 Å². The van der Waals surface area contributed by atoms with E-state index in [0.717, 1.165) is 5.56 Å². The summed E-state index contributed by atoms with van der Waals surface area (Å²) in [5, 5.41) is 0.858. The van der Waals surface area contributed by atoms with Crippen LogP contribution in [0.4, 0.5) is 5.69 Å². The lowest BCUT2D eigenvalue weighted by atomic mass is 10.1. The molecule has 0 bridgehead atoms. The molecule has 5 nitrogen and oxygen atoms in total. The third-order valence-electron chi connectivity index (χ3n) is 2.76. The first-order valence-electron chi connectivity index (χ1n) is 6.04. The molecule has 0 aliphatic carbocycles. The lowest BCUT2D eigenvalue weighted by molar-refractivity contribution is 0.578. The van der Waals surface area contributed by atoms with E-state index < -0.39 is 10.0 Å². The molecule has 0 fully saturated rings. The molecule has 1 heterocycles. The average molecular weight is 346 g/mol. The number of nitrogens with zero attached hydrogens (tertiary/aromatic N) is 1. The van der Waals surface area contributed by atoms with Crippen LogP contribution in [0.3, 0.4) is 0 Å². The Kier molecular flexibility index (Phi) is 5.05. The number of nitrogens with two attached hydrogens (primary N) is 1. The van der Waals surface area contributed by atoms with E-state index >= 15 is 0 Å². The number of rotatable bonds is 5. The molecule has 0 radical (unpaired) electrons. The third-order valence-corrected chi connectivity index (χ3v) is 4.78. The van der Waals surface area contributed by atoms with E-state index in [1.165, 1.54) is 12.3 Å². The van der Waals surface area contributed by atoms with E-state index in [-0.39, 0.29) is 17.3 Å².